The number of unbranched alkanes of at least 4 members (excludes halogenated alkanes) is 1. The summed E-state index contributed by atoms with van der Waals surface area (Å²) in [7, 11) is 1.95. The van der Waals surface area contributed by atoms with E-state index in [-0.39, 0.29) is 5.82 Å². The maximum Gasteiger partial charge on any atom is 0.131 e. The number of aliphatic imine (C=N–C) groups is 1. The lowest BCUT2D eigenvalue weighted by molar-refractivity contribution is 0.277. The summed E-state index contributed by atoms with van der Waals surface area (Å²) < 4.78 is 14.7. The maximum absolute atomic E-state index is 14.7. The molecule has 1 N–H and O–H groups in total. The summed E-state index contributed by atoms with van der Waals surface area (Å²) in [6.45, 7) is 18.4. The second-order valence-corrected chi connectivity index (χ2v) is 8.04. The average Bonchev–Trinajstić information content (AvgIpc) is 2.83. The van der Waals surface area contributed by atoms with Gasteiger partial charge in [-0.2, -0.15) is 0 Å². The molecule has 0 atom stereocenters. The number of hydrogen-bond donors (Lipinski definition) is 1. The van der Waals surface area contributed by atoms with E-state index in [1.807, 2.05) is 50.2 Å². The molecule has 1 aromatic carbocycles. The van der Waals surface area contributed by atoms with E-state index in [2.05, 4.69) is 37.6 Å². The van der Waals surface area contributed by atoms with Crippen molar-refractivity contribution in [2.75, 3.05) is 33.2 Å². The molecule has 1 aromatic rings. The van der Waals surface area contributed by atoms with Crippen molar-refractivity contribution in [1.82, 2.24) is 15.1 Å². The number of rotatable bonds is 12. The zero-order valence-corrected chi connectivity index (χ0v) is 21.8. The Labute approximate surface area is 202 Å². The minimum atomic E-state index is -0.239. The predicted molar refractivity (Wildman–Crippen MR) is 143 cm³/mol. The molecule has 1 heterocycles. The van der Waals surface area contributed by atoms with E-state index in [0.29, 0.717) is 5.56 Å². The highest BCUT2D eigenvalue weighted by atomic mass is 19.1. The van der Waals surface area contributed by atoms with Crippen molar-refractivity contribution in [3.05, 3.63) is 65.9 Å². The van der Waals surface area contributed by atoms with Gasteiger partial charge in [0.1, 0.15) is 17.5 Å². The quantitative estimate of drug-likeness (QED) is 0.383. The van der Waals surface area contributed by atoms with Crippen molar-refractivity contribution in [2.45, 2.75) is 66.7 Å². The number of halogens is 1. The van der Waals surface area contributed by atoms with Gasteiger partial charge >= 0.3 is 0 Å². The molecule has 0 fully saturated rings. The molecular formula is C28H45FN4. The fourth-order valence-corrected chi connectivity index (χ4v) is 3.76. The first kappa shape index (κ1) is 28.6. The van der Waals surface area contributed by atoms with Crippen molar-refractivity contribution in [1.29, 1.82) is 0 Å². The van der Waals surface area contributed by atoms with Gasteiger partial charge in [-0.1, -0.05) is 66.2 Å². The van der Waals surface area contributed by atoms with E-state index in [1.54, 1.807) is 12.1 Å². The third-order valence-electron chi connectivity index (χ3n) is 5.44. The van der Waals surface area contributed by atoms with Gasteiger partial charge in [0.15, 0.2) is 0 Å². The van der Waals surface area contributed by atoms with Crippen LogP contribution in [0.1, 0.15) is 71.4 Å². The van der Waals surface area contributed by atoms with E-state index in [0.717, 1.165) is 68.2 Å². The van der Waals surface area contributed by atoms with Gasteiger partial charge in [0.2, 0.25) is 0 Å². The number of nitrogens with one attached hydrogen (secondary N) is 1. The van der Waals surface area contributed by atoms with Crippen LogP contribution in [0.15, 0.2) is 53.9 Å². The van der Waals surface area contributed by atoms with Crippen LogP contribution in [-0.2, 0) is 6.42 Å². The monoisotopic (exact) mass is 456 g/mol. The molecule has 1 aliphatic rings. The van der Waals surface area contributed by atoms with Crippen LogP contribution in [0.4, 0.5) is 4.39 Å². The molecule has 0 bridgehead atoms. The van der Waals surface area contributed by atoms with Crippen molar-refractivity contribution in [3.63, 3.8) is 0 Å². The number of benzene rings is 1. The van der Waals surface area contributed by atoms with Gasteiger partial charge in [-0.15, -0.1) is 0 Å². The molecule has 1 aliphatic heterocycles. The third kappa shape index (κ3) is 9.17. The van der Waals surface area contributed by atoms with Gasteiger partial charge in [0, 0.05) is 30.9 Å². The van der Waals surface area contributed by atoms with E-state index < -0.39 is 0 Å². The first-order valence-electron chi connectivity index (χ1n) is 12.6. The number of aryl methyl sites for hydroxylation is 1. The second kappa shape index (κ2) is 16.2. The number of nitrogens with zero attached hydrogens (tertiary/aromatic N) is 3. The van der Waals surface area contributed by atoms with Crippen LogP contribution in [0.3, 0.4) is 0 Å². The molecule has 0 spiro atoms. The zero-order chi connectivity index (χ0) is 24.6. The van der Waals surface area contributed by atoms with Gasteiger partial charge in [-0.25, -0.2) is 4.39 Å². The number of hydrogen-bond acceptors (Lipinski definition) is 3. The summed E-state index contributed by atoms with van der Waals surface area (Å²) in [4.78, 5) is 9.20. The average molecular weight is 457 g/mol. The summed E-state index contributed by atoms with van der Waals surface area (Å²) in [5.74, 6) is 1.35. The van der Waals surface area contributed by atoms with Crippen molar-refractivity contribution < 1.29 is 4.39 Å². The molecule has 4 nitrogen and oxygen atoms in total. The molecular weight excluding hydrogens is 411 g/mol. The van der Waals surface area contributed by atoms with Crippen molar-refractivity contribution in [2.24, 2.45) is 4.99 Å². The number of amidine groups is 1. The molecule has 0 amide bonds. The predicted octanol–water partition coefficient (Wildman–Crippen LogP) is 6.62. The van der Waals surface area contributed by atoms with Crippen LogP contribution in [0.2, 0.25) is 0 Å². The lowest BCUT2D eigenvalue weighted by Gasteiger charge is -2.27. The first-order chi connectivity index (χ1) is 16.0. The topological polar surface area (TPSA) is 30.9 Å². The third-order valence-corrected chi connectivity index (χ3v) is 5.44. The Morgan fingerprint density at radius 2 is 1.88 bits per heavy atom. The highest BCUT2D eigenvalue weighted by Gasteiger charge is 2.18. The van der Waals surface area contributed by atoms with Crippen LogP contribution >= 0.6 is 0 Å². The second-order valence-electron chi connectivity index (χ2n) is 8.04. The van der Waals surface area contributed by atoms with Gasteiger partial charge in [0.25, 0.3) is 0 Å². The van der Waals surface area contributed by atoms with Crippen LogP contribution in [0.25, 0.3) is 5.57 Å². The lowest BCUT2D eigenvalue weighted by Crippen LogP contribution is -2.35. The summed E-state index contributed by atoms with van der Waals surface area (Å²) >= 11 is 0. The molecule has 0 saturated carbocycles. The summed E-state index contributed by atoms with van der Waals surface area (Å²) in [5.41, 5.74) is 2.44. The summed E-state index contributed by atoms with van der Waals surface area (Å²) in [6, 6.07) is 5.35. The Morgan fingerprint density at radius 3 is 2.52 bits per heavy atom. The Bertz CT molecular complexity index is 810. The minimum Gasteiger partial charge on any atom is -0.337 e. The Morgan fingerprint density at radius 1 is 1.12 bits per heavy atom. The van der Waals surface area contributed by atoms with Crippen molar-refractivity contribution in [3.8, 4) is 0 Å². The Hall–Kier alpha value is -2.40. The van der Waals surface area contributed by atoms with Gasteiger partial charge in [0.05, 0.1) is 6.54 Å². The fourth-order valence-electron chi connectivity index (χ4n) is 3.76. The number of allylic oxidation sites excluding steroid dienone is 2. The van der Waals surface area contributed by atoms with Gasteiger partial charge in [-0.3, -0.25) is 4.99 Å². The highest BCUT2D eigenvalue weighted by Crippen LogP contribution is 2.26. The zero-order valence-electron chi connectivity index (χ0n) is 21.8. The van der Waals surface area contributed by atoms with E-state index in [1.165, 1.54) is 12.8 Å². The molecule has 0 aromatic heterocycles. The molecule has 5 heteroatoms. The Balaban J connectivity index is 0.00000265. The van der Waals surface area contributed by atoms with Crippen LogP contribution < -0.4 is 5.32 Å². The SMILES string of the molecule is C=C/C(=C1/NC(=NCCN(CCC)CCCC)C=CN1C)c1cc(CCC)ccc1F.CC. The molecule has 184 valence electrons. The molecule has 0 unspecified atom stereocenters. The van der Waals surface area contributed by atoms with E-state index >= 15 is 0 Å². The van der Waals surface area contributed by atoms with Crippen LogP contribution in [-0.4, -0.2) is 48.9 Å². The van der Waals surface area contributed by atoms with Gasteiger partial charge < -0.3 is 15.1 Å². The van der Waals surface area contributed by atoms with E-state index in [4.69, 9.17) is 4.99 Å². The first-order valence-corrected chi connectivity index (χ1v) is 12.6. The summed E-state index contributed by atoms with van der Waals surface area (Å²) in [6.07, 6.45) is 11.2. The fraction of sp³-hybridized carbons (Fsp3) is 0.536. The molecule has 33 heavy (non-hydrogen) atoms. The van der Waals surface area contributed by atoms with Crippen LogP contribution in [0.5, 0.6) is 0 Å². The largest absolute Gasteiger partial charge is 0.337 e. The maximum atomic E-state index is 14.7. The van der Waals surface area contributed by atoms with Gasteiger partial charge in [-0.05, 0) is 56.1 Å². The highest BCUT2D eigenvalue weighted by molar-refractivity contribution is 5.96. The smallest absolute Gasteiger partial charge is 0.131 e. The standard InChI is InChI=1S/C26H39FN4.C2H6/c1-6-10-17-31(16-8-3)19-15-28-25-14-18-30(5)26(29-25)22(9-4)23-20-21(11-7-2)12-13-24(23)27;1-2/h9,12-14,18,20H,4,6-8,10-11,15-17,19H2,1-3,5H3,(H,28,29);1-2H3/b26-22+;. The molecule has 0 aliphatic carbocycles. The lowest BCUT2D eigenvalue weighted by atomic mass is 9.99. The Kier molecular flexibility index (Phi) is 14.1. The van der Waals surface area contributed by atoms with E-state index in [9.17, 15) is 4.39 Å². The molecule has 0 radical (unpaired) electrons. The minimum absolute atomic E-state index is 0.239. The normalized spacial score (nSPS) is 15.9. The molecule has 0 saturated heterocycles. The van der Waals surface area contributed by atoms with Crippen LogP contribution in [0, 0.1) is 5.82 Å². The molecule has 2 rings (SSSR count). The van der Waals surface area contributed by atoms with Crippen molar-refractivity contribution >= 4 is 11.4 Å². The summed E-state index contributed by atoms with van der Waals surface area (Å²) in [5, 5.41) is 3.39.